The van der Waals surface area contributed by atoms with Crippen molar-refractivity contribution < 1.29 is 14.4 Å². The van der Waals surface area contributed by atoms with Crippen LogP contribution in [0.3, 0.4) is 0 Å². The zero-order valence-electron chi connectivity index (χ0n) is 12.8. The Hall–Kier alpha value is -1.91. The summed E-state index contributed by atoms with van der Waals surface area (Å²) >= 11 is 0. The van der Waals surface area contributed by atoms with Gasteiger partial charge < -0.3 is 10.2 Å². The molecule has 0 aromatic rings. The second kappa shape index (κ2) is 6.50. The number of ketones is 2. The van der Waals surface area contributed by atoms with E-state index >= 15 is 0 Å². The molecule has 20 heavy (non-hydrogen) atoms. The normalized spacial score (nSPS) is 15.8. The number of carbonyl (C=O) groups is 3. The Morgan fingerprint density at radius 3 is 2.15 bits per heavy atom. The number of hydrogen-bond donors (Lipinski definition) is 1. The molecule has 0 aromatic carbocycles. The third-order valence-electron chi connectivity index (χ3n) is 3.68. The Bertz CT molecular complexity index is 515. The fourth-order valence-corrected chi connectivity index (χ4v) is 2.12. The number of Topliss-reactive ketones (excluding diaryl/α,β-unsaturated/α-hetero) is 2. The molecule has 1 aliphatic carbocycles. The second-order valence-electron chi connectivity index (χ2n) is 5.02. The van der Waals surface area contributed by atoms with Crippen molar-refractivity contribution in [1.29, 1.82) is 0 Å². The Labute approximate surface area is 119 Å². The molecule has 5 heteroatoms. The quantitative estimate of drug-likeness (QED) is 0.798. The van der Waals surface area contributed by atoms with Gasteiger partial charge in [-0.3, -0.25) is 9.59 Å². The summed E-state index contributed by atoms with van der Waals surface area (Å²) in [7, 11) is 1.67. The molecule has 1 aliphatic rings. The molecule has 0 saturated carbocycles. The first kappa shape index (κ1) is 16.1. The van der Waals surface area contributed by atoms with Gasteiger partial charge in [-0.05, 0) is 34.1 Å². The maximum Gasteiger partial charge on any atom is 0.317 e. The van der Waals surface area contributed by atoms with Gasteiger partial charge in [0.25, 0.3) is 0 Å². The molecule has 0 radical (unpaired) electrons. The van der Waals surface area contributed by atoms with Crippen LogP contribution in [0, 0.1) is 0 Å². The fourth-order valence-electron chi connectivity index (χ4n) is 2.12. The molecule has 0 bridgehead atoms. The van der Waals surface area contributed by atoms with Crippen molar-refractivity contribution in [2.24, 2.45) is 0 Å². The standard InChI is InChI=1S/C15H22N2O3/c1-6-16-15(20)17(5)8-7-12-11(4)13(18)9(2)10(3)14(12)19/h6-8H2,1-5H3,(H,16,20). The van der Waals surface area contributed by atoms with Gasteiger partial charge in [-0.25, -0.2) is 4.79 Å². The van der Waals surface area contributed by atoms with Gasteiger partial charge in [0.1, 0.15) is 0 Å². The predicted molar refractivity (Wildman–Crippen MR) is 77.4 cm³/mol. The summed E-state index contributed by atoms with van der Waals surface area (Å²) in [5, 5.41) is 2.69. The molecule has 0 atom stereocenters. The lowest BCUT2D eigenvalue weighted by molar-refractivity contribution is -0.116. The maximum absolute atomic E-state index is 12.2. The summed E-state index contributed by atoms with van der Waals surface area (Å²) in [5.41, 5.74) is 2.06. The lowest BCUT2D eigenvalue weighted by Gasteiger charge is -2.22. The van der Waals surface area contributed by atoms with Gasteiger partial charge >= 0.3 is 6.03 Å². The van der Waals surface area contributed by atoms with Gasteiger partial charge in [0.05, 0.1) is 0 Å². The Balaban J connectivity index is 2.80. The van der Waals surface area contributed by atoms with Crippen LogP contribution >= 0.6 is 0 Å². The van der Waals surface area contributed by atoms with Gasteiger partial charge in [-0.2, -0.15) is 0 Å². The topological polar surface area (TPSA) is 66.5 Å². The first-order chi connectivity index (χ1) is 9.31. The van der Waals surface area contributed by atoms with Crippen molar-refractivity contribution in [3.05, 3.63) is 22.3 Å². The van der Waals surface area contributed by atoms with Gasteiger partial charge in [0.2, 0.25) is 0 Å². The monoisotopic (exact) mass is 278 g/mol. The smallest absolute Gasteiger partial charge is 0.317 e. The molecule has 0 aromatic heterocycles. The molecular formula is C15H22N2O3. The van der Waals surface area contributed by atoms with Crippen molar-refractivity contribution in [1.82, 2.24) is 10.2 Å². The van der Waals surface area contributed by atoms with Gasteiger partial charge in [-0.1, -0.05) is 0 Å². The first-order valence-electron chi connectivity index (χ1n) is 6.76. The first-order valence-corrected chi connectivity index (χ1v) is 6.76. The number of allylic oxidation sites excluding steroid dienone is 3. The van der Waals surface area contributed by atoms with E-state index in [1.54, 1.807) is 27.8 Å². The SMILES string of the molecule is CCNC(=O)N(C)CCC1=C(C)C(=O)C(C)=C(C)C1=O. The van der Waals surface area contributed by atoms with Crippen molar-refractivity contribution in [3.63, 3.8) is 0 Å². The number of amides is 2. The van der Waals surface area contributed by atoms with Crippen LogP contribution in [-0.4, -0.2) is 42.6 Å². The molecule has 0 fully saturated rings. The fraction of sp³-hybridized carbons (Fsp3) is 0.533. The highest BCUT2D eigenvalue weighted by Crippen LogP contribution is 2.26. The largest absolute Gasteiger partial charge is 0.338 e. The third-order valence-corrected chi connectivity index (χ3v) is 3.68. The summed E-state index contributed by atoms with van der Waals surface area (Å²) in [6.45, 7) is 7.84. The van der Waals surface area contributed by atoms with Crippen LogP contribution < -0.4 is 5.32 Å². The average molecular weight is 278 g/mol. The van der Waals surface area contributed by atoms with Crippen LogP contribution in [-0.2, 0) is 9.59 Å². The van der Waals surface area contributed by atoms with Crippen molar-refractivity contribution in [2.45, 2.75) is 34.1 Å². The lowest BCUT2D eigenvalue weighted by atomic mass is 9.84. The number of urea groups is 1. The van der Waals surface area contributed by atoms with Gasteiger partial charge in [0.15, 0.2) is 11.6 Å². The molecule has 5 nitrogen and oxygen atoms in total. The summed E-state index contributed by atoms with van der Waals surface area (Å²) in [6, 6.07) is -0.177. The maximum atomic E-state index is 12.2. The summed E-state index contributed by atoms with van der Waals surface area (Å²) < 4.78 is 0. The second-order valence-corrected chi connectivity index (χ2v) is 5.02. The van der Waals surface area contributed by atoms with Crippen molar-refractivity contribution in [3.8, 4) is 0 Å². The van der Waals surface area contributed by atoms with Crippen molar-refractivity contribution in [2.75, 3.05) is 20.1 Å². The van der Waals surface area contributed by atoms with E-state index in [1.807, 2.05) is 6.92 Å². The molecule has 2 amide bonds. The van der Waals surface area contributed by atoms with E-state index in [2.05, 4.69) is 5.32 Å². The highest BCUT2D eigenvalue weighted by Gasteiger charge is 2.27. The molecule has 0 saturated heterocycles. The van der Waals surface area contributed by atoms with Crippen molar-refractivity contribution >= 4 is 17.6 Å². The third kappa shape index (κ3) is 3.15. The van der Waals surface area contributed by atoms with Crippen LogP contribution in [0.4, 0.5) is 4.79 Å². The minimum atomic E-state index is -0.177. The van der Waals surface area contributed by atoms with Crippen LogP contribution in [0.5, 0.6) is 0 Å². The summed E-state index contributed by atoms with van der Waals surface area (Å²) in [5.74, 6) is -0.151. The Kier molecular flexibility index (Phi) is 5.25. The number of rotatable bonds is 4. The van der Waals surface area contributed by atoms with Crippen LogP contribution in [0.15, 0.2) is 22.3 Å². The van der Waals surface area contributed by atoms with Gasteiger partial charge in [-0.15, -0.1) is 0 Å². The van der Waals surface area contributed by atoms with E-state index in [0.29, 0.717) is 41.8 Å². The Morgan fingerprint density at radius 1 is 1.05 bits per heavy atom. The molecule has 1 N–H and O–H groups in total. The number of carbonyl (C=O) groups excluding carboxylic acids is 3. The number of nitrogens with one attached hydrogen (secondary N) is 1. The molecule has 0 unspecified atom stereocenters. The van der Waals surface area contributed by atoms with Crippen LogP contribution in [0.25, 0.3) is 0 Å². The highest BCUT2D eigenvalue weighted by molar-refractivity contribution is 6.24. The van der Waals surface area contributed by atoms with E-state index in [9.17, 15) is 14.4 Å². The van der Waals surface area contributed by atoms with Crippen LogP contribution in [0.1, 0.15) is 34.1 Å². The molecule has 110 valence electrons. The Morgan fingerprint density at radius 2 is 1.60 bits per heavy atom. The molecule has 0 heterocycles. The van der Waals surface area contributed by atoms with E-state index in [4.69, 9.17) is 0 Å². The van der Waals surface area contributed by atoms with Crippen LogP contribution in [0.2, 0.25) is 0 Å². The molecule has 0 aliphatic heterocycles. The average Bonchev–Trinajstić information content (AvgIpc) is 2.43. The summed E-state index contributed by atoms with van der Waals surface area (Å²) in [6.07, 6.45) is 0.397. The summed E-state index contributed by atoms with van der Waals surface area (Å²) in [4.78, 5) is 37.3. The molecule has 1 rings (SSSR count). The number of nitrogens with zero attached hydrogens (tertiary/aromatic N) is 1. The van der Waals surface area contributed by atoms with E-state index < -0.39 is 0 Å². The lowest BCUT2D eigenvalue weighted by Crippen LogP contribution is -2.38. The van der Waals surface area contributed by atoms with Gasteiger partial charge in [0, 0.05) is 42.4 Å². The molecule has 0 spiro atoms. The highest BCUT2D eigenvalue weighted by atomic mass is 16.2. The van der Waals surface area contributed by atoms with E-state index in [-0.39, 0.29) is 17.6 Å². The van der Waals surface area contributed by atoms with E-state index in [1.165, 1.54) is 4.90 Å². The minimum Gasteiger partial charge on any atom is -0.338 e. The zero-order valence-corrected chi connectivity index (χ0v) is 12.8. The van der Waals surface area contributed by atoms with E-state index in [0.717, 1.165) is 0 Å². The predicted octanol–water partition coefficient (Wildman–Crippen LogP) is 1.84. The number of hydrogen-bond acceptors (Lipinski definition) is 3. The zero-order chi connectivity index (χ0) is 15.4. The minimum absolute atomic E-state index is 0.0715. The molecular weight excluding hydrogens is 256 g/mol.